The van der Waals surface area contributed by atoms with Crippen molar-refractivity contribution in [1.82, 2.24) is 9.80 Å². The number of carbonyl (C=O) groups excluding carboxylic acids is 1. The van der Waals surface area contributed by atoms with Crippen LogP contribution in [0.3, 0.4) is 0 Å². The van der Waals surface area contributed by atoms with E-state index in [2.05, 4.69) is 17.9 Å². The van der Waals surface area contributed by atoms with Gasteiger partial charge in [0.05, 0.1) is 17.1 Å². The minimum absolute atomic E-state index is 0.0194. The number of phenols is 1. The Labute approximate surface area is 224 Å². The molecule has 3 aliphatic carbocycles. The minimum atomic E-state index is -0.973. The van der Waals surface area contributed by atoms with Crippen LogP contribution in [0.1, 0.15) is 61.3 Å². The van der Waals surface area contributed by atoms with Gasteiger partial charge in [0.25, 0.3) is 0 Å². The minimum Gasteiger partial charge on any atom is -0.504 e. The van der Waals surface area contributed by atoms with Gasteiger partial charge in [-0.25, -0.2) is 0 Å². The molecule has 7 rings (SSSR count). The highest BCUT2D eigenvalue weighted by molar-refractivity contribution is 5.92. The summed E-state index contributed by atoms with van der Waals surface area (Å²) in [4.78, 5) is 17.9. The number of aromatic hydroxyl groups is 1. The first-order chi connectivity index (χ1) is 18.2. The van der Waals surface area contributed by atoms with E-state index in [4.69, 9.17) is 4.74 Å². The molecular weight excluding hydrogens is 476 g/mol. The van der Waals surface area contributed by atoms with E-state index >= 15 is 0 Å². The summed E-state index contributed by atoms with van der Waals surface area (Å²) in [7, 11) is 1.86. The molecule has 2 aliphatic heterocycles. The molecule has 1 amide bonds. The number of ether oxygens (including phenoxy) is 1. The maximum atomic E-state index is 13.5. The molecule has 0 aromatic heterocycles. The van der Waals surface area contributed by atoms with Crippen molar-refractivity contribution in [1.29, 1.82) is 0 Å². The zero-order valence-electron chi connectivity index (χ0n) is 22.6. The molecule has 2 heterocycles. The molecule has 0 unspecified atom stereocenters. The number of benzene rings is 2. The van der Waals surface area contributed by atoms with Crippen molar-refractivity contribution in [2.24, 2.45) is 5.92 Å². The second-order valence-corrected chi connectivity index (χ2v) is 12.6. The number of amides is 1. The van der Waals surface area contributed by atoms with E-state index in [1.165, 1.54) is 18.4 Å². The lowest BCUT2D eigenvalue weighted by molar-refractivity contribution is -0.229. The van der Waals surface area contributed by atoms with Gasteiger partial charge in [0.1, 0.15) is 5.60 Å². The third-order valence-electron chi connectivity index (χ3n) is 10.6. The van der Waals surface area contributed by atoms with Gasteiger partial charge in [0.15, 0.2) is 11.5 Å². The van der Waals surface area contributed by atoms with Gasteiger partial charge in [-0.2, -0.15) is 0 Å². The summed E-state index contributed by atoms with van der Waals surface area (Å²) in [5.74, 6) is 1.31. The van der Waals surface area contributed by atoms with Gasteiger partial charge >= 0.3 is 0 Å². The Hall–Kier alpha value is -2.83. The molecule has 5 aliphatic rings. The molecule has 6 nitrogen and oxygen atoms in total. The first-order valence-corrected chi connectivity index (χ1v) is 14.2. The summed E-state index contributed by atoms with van der Waals surface area (Å²) in [5, 5.41) is 23.7. The molecule has 2 aromatic rings. The van der Waals surface area contributed by atoms with Crippen LogP contribution in [-0.2, 0) is 16.6 Å². The maximum Gasteiger partial charge on any atom is 0.246 e. The molecule has 2 bridgehead atoms. The summed E-state index contributed by atoms with van der Waals surface area (Å²) in [5.41, 5.74) is 1.80. The third-order valence-corrected chi connectivity index (χ3v) is 10.6. The Kier molecular flexibility index (Phi) is 5.16. The standard InChI is InChI=1S/C32H38N2O4/c1-20-5-4-6-21(17-20)9-12-27(36)33(3)25-13-14-32(37)26-18-23-10-11-24(35)29-28(23)31(32,30(25,2)38-29)15-16-34(26)19-22-7-8-22/h4-6,9-12,17,22,25-26,35,37H,7-8,13-16,18-19H2,1-3H3/t25-,26+,30-,31-,32+/m0/s1. The number of rotatable bonds is 5. The average Bonchev–Trinajstić information content (AvgIpc) is 3.65. The van der Waals surface area contributed by atoms with Crippen molar-refractivity contribution in [2.45, 2.75) is 81.1 Å². The van der Waals surface area contributed by atoms with Crippen LogP contribution in [0.25, 0.3) is 6.08 Å². The van der Waals surface area contributed by atoms with Gasteiger partial charge in [-0.15, -0.1) is 0 Å². The van der Waals surface area contributed by atoms with Crippen LogP contribution in [0.2, 0.25) is 0 Å². The smallest absolute Gasteiger partial charge is 0.246 e. The molecule has 2 saturated carbocycles. The summed E-state index contributed by atoms with van der Waals surface area (Å²) in [6, 6.07) is 11.6. The van der Waals surface area contributed by atoms with Crippen LogP contribution in [0.15, 0.2) is 42.5 Å². The Bertz CT molecular complexity index is 1350. The summed E-state index contributed by atoms with van der Waals surface area (Å²) in [6.07, 6.45) is 8.86. The monoisotopic (exact) mass is 514 g/mol. The highest BCUT2D eigenvalue weighted by Crippen LogP contribution is 2.69. The van der Waals surface area contributed by atoms with E-state index in [0.717, 1.165) is 48.5 Å². The van der Waals surface area contributed by atoms with Crippen molar-refractivity contribution >= 4 is 12.0 Å². The van der Waals surface area contributed by atoms with Crippen LogP contribution >= 0.6 is 0 Å². The fraction of sp³-hybridized carbons (Fsp3) is 0.531. The van der Waals surface area contributed by atoms with Gasteiger partial charge in [-0.05, 0) is 88.1 Å². The lowest BCUT2D eigenvalue weighted by Crippen LogP contribution is -2.82. The van der Waals surface area contributed by atoms with E-state index in [0.29, 0.717) is 18.6 Å². The Morgan fingerprint density at radius 3 is 2.79 bits per heavy atom. The molecule has 1 spiro atoms. The number of carbonyl (C=O) groups is 1. The first-order valence-electron chi connectivity index (χ1n) is 14.2. The number of nitrogens with zero attached hydrogens (tertiary/aromatic N) is 2. The van der Waals surface area contributed by atoms with Crippen molar-refractivity contribution < 1.29 is 19.7 Å². The number of hydrogen-bond acceptors (Lipinski definition) is 5. The molecule has 200 valence electrons. The molecular formula is C32H38N2O4. The highest BCUT2D eigenvalue weighted by Gasteiger charge is 2.78. The van der Waals surface area contributed by atoms with Crippen molar-refractivity contribution in [2.75, 3.05) is 20.1 Å². The van der Waals surface area contributed by atoms with E-state index in [1.54, 1.807) is 12.1 Å². The maximum absolute atomic E-state index is 13.5. The van der Waals surface area contributed by atoms with Gasteiger partial charge in [0.2, 0.25) is 5.91 Å². The Morgan fingerprint density at radius 2 is 2.03 bits per heavy atom. The van der Waals surface area contributed by atoms with Crippen LogP contribution in [-0.4, -0.2) is 69.3 Å². The molecule has 38 heavy (non-hydrogen) atoms. The normalized spacial score (nSPS) is 35.2. The van der Waals surface area contributed by atoms with Gasteiger partial charge in [0, 0.05) is 31.3 Å². The van der Waals surface area contributed by atoms with E-state index in [9.17, 15) is 15.0 Å². The molecule has 6 heteroatoms. The number of aliphatic hydroxyl groups is 1. The number of hydrogen-bond donors (Lipinski definition) is 2. The third kappa shape index (κ3) is 3.10. The fourth-order valence-corrected chi connectivity index (χ4v) is 8.69. The summed E-state index contributed by atoms with van der Waals surface area (Å²) < 4.78 is 6.81. The second-order valence-electron chi connectivity index (χ2n) is 12.6. The SMILES string of the molecule is Cc1cccc(C=CC(=O)N(C)[C@H]2CC[C@@]3(O)[C@H]4Cc5ccc(O)c6c5[C@@]3(CCN4CC3CC3)[C@@]2(C)O6)c1. The van der Waals surface area contributed by atoms with Gasteiger partial charge in [-0.1, -0.05) is 35.9 Å². The number of likely N-dealkylation sites (tertiary alicyclic amines) is 1. The van der Waals surface area contributed by atoms with Crippen LogP contribution in [0, 0.1) is 12.8 Å². The quantitative estimate of drug-likeness (QED) is 0.586. The predicted molar refractivity (Wildman–Crippen MR) is 146 cm³/mol. The van der Waals surface area contributed by atoms with Crippen molar-refractivity contribution in [3.63, 3.8) is 0 Å². The van der Waals surface area contributed by atoms with E-state index in [-0.39, 0.29) is 23.7 Å². The van der Waals surface area contributed by atoms with Gasteiger partial charge < -0.3 is 19.8 Å². The number of piperidine rings is 1. The molecule has 1 saturated heterocycles. The lowest BCUT2D eigenvalue weighted by Gasteiger charge is -2.68. The molecule has 3 fully saturated rings. The lowest BCUT2D eigenvalue weighted by atomic mass is 9.44. The molecule has 5 atom stereocenters. The number of aryl methyl sites for hydroxylation is 1. The predicted octanol–water partition coefficient (Wildman–Crippen LogP) is 4.20. The van der Waals surface area contributed by atoms with Crippen LogP contribution in [0.4, 0.5) is 0 Å². The van der Waals surface area contributed by atoms with E-state index < -0.39 is 16.6 Å². The van der Waals surface area contributed by atoms with Crippen molar-refractivity contribution in [3.05, 3.63) is 64.7 Å². The topological polar surface area (TPSA) is 73.2 Å². The summed E-state index contributed by atoms with van der Waals surface area (Å²) >= 11 is 0. The zero-order valence-corrected chi connectivity index (χ0v) is 22.6. The van der Waals surface area contributed by atoms with Crippen LogP contribution in [0.5, 0.6) is 11.5 Å². The first kappa shape index (κ1) is 24.2. The summed E-state index contributed by atoms with van der Waals surface area (Å²) in [6.45, 7) is 6.07. The highest BCUT2D eigenvalue weighted by atomic mass is 16.5. The fourth-order valence-electron chi connectivity index (χ4n) is 8.69. The number of phenolic OH excluding ortho intramolecular Hbond substituents is 1. The van der Waals surface area contributed by atoms with Crippen LogP contribution < -0.4 is 4.74 Å². The van der Waals surface area contributed by atoms with E-state index in [1.807, 2.05) is 49.2 Å². The molecule has 0 radical (unpaired) electrons. The zero-order chi connectivity index (χ0) is 26.4. The average molecular weight is 515 g/mol. The molecule has 2 N–H and O–H groups in total. The Balaban J connectivity index is 1.28. The molecule has 2 aromatic carbocycles. The largest absolute Gasteiger partial charge is 0.504 e. The Morgan fingerprint density at radius 1 is 1.21 bits per heavy atom. The van der Waals surface area contributed by atoms with Gasteiger partial charge in [-0.3, -0.25) is 9.69 Å². The second kappa shape index (κ2) is 8.09. The number of likely N-dealkylation sites (N-methyl/N-ethyl adjacent to an activating group) is 1. The van der Waals surface area contributed by atoms with Crippen molar-refractivity contribution in [3.8, 4) is 11.5 Å².